The lowest BCUT2D eigenvalue weighted by molar-refractivity contribution is -0.134. The van der Waals surface area contributed by atoms with Crippen molar-refractivity contribution in [1.82, 2.24) is 60.6 Å². The topological polar surface area (TPSA) is 259 Å². The summed E-state index contributed by atoms with van der Waals surface area (Å²) in [6.07, 6.45) is 25.9. The van der Waals surface area contributed by atoms with E-state index in [1.165, 1.54) is 32.1 Å². The molecule has 0 bridgehead atoms. The SMILES string of the molecule is Cc1cc(CC(=O)N2CCC3(CC2)CC3CNC(=O)c2cc3ccncc3o2)on1.O=C(NCC1CC12CCN(C(=O)CN1CCCC1)CC2)c1cc2ccncc2o1.O=C(NCC1CC12CCN(C(=O)CN1CCCCC1)CC2)c1cc2ccncc2o1. The van der Waals surface area contributed by atoms with Gasteiger partial charge < -0.3 is 48.4 Å². The number of carbonyl (C=O) groups is 6. The van der Waals surface area contributed by atoms with E-state index in [0.717, 1.165) is 145 Å². The van der Waals surface area contributed by atoms with Crippen LogP contribution in [0.1, 0.15) is 133 Å². The molecule has 3 N–H and O–H groups in total. The molecule has 3 atom stereocenters. The zero-order valence-corrected chi connectivity index (χ0v) is 51.1. The number of fused-ring (bicyclic) bond motifs is 3. The third kappa shape index (κ3) is 13.9. The van der Waals surface area contributed by atoms with Gasteiger partial charge in [-0.2, -0.15) is 0 Å². The molecule has 3 aliphatic carbocycles. The first-order chi connectivity index (χ1) is 43.3. The van der Waals surface area contributed by atoms with Crippen LogP contribution in [0.3, 0.4) is 0 Å². The van der Waals surface area contributed by atoms with Crippen LogP contribution in [0.2, 0.25) is 0 Å². The Morgan fingerprint density at radius 1 is 0.472 bits per heavy atom. The Kier molecular flexibility index (Phi) is 17.4. The van der Waals surface area contributed by atoms with Gasteiger partial charge in [0.1, 0.15) is 5.76 Å². The quantitative estimate of drug-likeness (QED) is 0.0889. The molecule has 0 radical (unpaired) electrons. The van der Waals surface area contributed by atoms with E-state index < -0.39 is 0 Å². The molecule has 8 fully saturated rings. The summed E-state index contributed by atoms with van der Waals surface area (Å²) in [5, 5.41) is 15.6. The number of nitrogens with one attached hydrogen (secondary N) is 3. The maximum atomic E-state index is 12.6. The first-order valence-electron chi connectivity index (χ1n) is 32.3. The summed E-state index contributed by atoms with van der Waals surface area (Å²) in [7, 11) is 0. The monoisotopic (exact) mass is 1210 g/mol. The smallest absolute Gasteiger partial charge is 0.287 e. The average Bonchev–Trinajstić information content (AvgIpc) is 1.73. The minimum absolute atomic E-state index is 0.0888. The van der Waals surface area contributed by atoms with Crippen molar-refractivity contribution in [3.63, 3.8) is 0 Å². The fourth-order valence-corrected chi connectivity index (χ4v) is 14.9. The Morgan fingerprint density at radius 2 is 0.820 bits per heavy atom. The van der Waals surface area contributed by atoms with Crippen molar-refractivity contribution in [2.45, 2.75) is 103 Å². The van der Waals surface area contributed by atoms with Crippen LogP contribution in [-0.4, -0.2) is 178 Å². The van der Waals surface area contributed by atoms with Gasteiger partial charge in [-0.05, 0) is 187 Å². The van der Waals surface area contributed by atoms with E-state index in [2.05, 4.69) is 50.8 Å². The van der Waals surface area contributed by atoms with Gasteiger partial charge in [0.05, 0.1) is 43.8 Å². The highest BCUT2D eigenvalue weighted by molar-refractivity contribution is 5.97. The number of carbonyl (C=O) groups excluding carboxylic acids is 6. The lowest BCUT2D eigenvalue weighted by atomic mass is 9.90. The summed E-state index contributed by atoms with van der Waals surface area (Å²) in [5.74, 6) is 3.22. The second-order valence-corrected chi connectivity index (χ2v) is 26.6. The number of piperidine rings is 4. The number of hydrogen-bond donors (Lipinski definition) is 3. The summed E-state index contributed by atoms with van der Waals surface area (Å²) < 4.78 is 21.9. The Balaban J connectivity index is 0.000000123. The van der Waals surface area contributed by atoms with E-state index in [0.29, 0.717) is 101 Å². The normalized spacial score (nSPS) is 22.3. The van der Waals surface area contributed by atoms with E-state index in [1.54, 1.807) is 55.4 Å². The molecule has 3 spiro atoms. The number of rotatable bonds is 15. The van der Waals surface area contributed by atoms with Crippen LogP contribution in [0.5, 0.6) is 0 Å². The molecule has 8 aliphatic rings. The van der Waals surface area contributed by atoms with Crippen molar-refractivity contribution < 1.29 is 46.5 Å². The highest BCUT2D eigenvalue weighted by atomic mass is 16.5. The second-order valence-electron chi connectivity index (χ2n) is 26.6. The minimum atomic E-state index is -0.191. The predicted octanol–water partition coefficient (Wildman–Crippen LogP) is 7.68. The molecule has 6 amide bonds. The summed E-state index contributed by atoms with van der Waals surface area (Å²) in [6.45, 7) is 14.2. The zero-order chi connectivity index (χ0) is 61.1. The lowest BCUT2D eigenvalue weighted by Crippen LogP contribution is -2.46. The maximum absolute atomic E-state index is 12.6. The molecule has 89 heavy (non-hydrogen) atoms. The van der Waals surface area contributed by atoms with Gasteiger partial charge in [-0.25, -0.2) is 0 Å². The van der Waals surface area contributed by atoms with E-state index >= 15 is 0 Å². The average molecular weight is 1220 g/mol. The van der Waals surface area contributed by atoms with Gasteiger partial charge in [0.2, 0.25) is 17.7 Å². The molecule has 7 aromatic heterocycles. The van der Waals surface area contributed by atoms with Crippen LogP contribution in [0, 0.1) is 40.9 Å². The first-order valence-corrected chi connectivity index (χ1v) is 32.3. The van der Waals surface area contributed by atoms with Crippen molar-refractivity contribution in [1.29, 1.82) is 0 Å². The summed E-state index contributed by atoms with van der Waals surface area (Å²) in [6, 6.07) is 12.6. The number of aromatic nitrogens is 4. The van der Waals surface area contributed by atoms with Gasteiger partial charge in [-0.3, -0.25) is 53.5 Å². The standard InChI is InChI=1S/C23H30N4O3.C22H24N4O4.C22H28N4O3/c28-21(16-26-8-2-1-3-9-26)27-10-5-23(6-11-27)13-18(23)14-25-22(29)19-12-17-4-7-24-15-20(17)30-19;1-14-8-17(30-25-14)10-20(27)26-6-3-22(4-7-26)11-16(22)12-24-21(28)18-9-15-2-5-23-13-19(15)29-18;27-20(15-25-7-1-2-8-25)26-9-4-22(5-10-26)12-17(22)13-24-21(28)18-11-16-3-6-23-14-19(16)29-18/h4,7,12,15,18H,1-3,5-6,8-11,13-14,16H2,(H,25,29);2,5,8-9,13,16H,3-4,6-7,10-12H2,1H3,(H,24,28);3,6,11,14,17H,1-2,4-5,7-10,12-13,15H2,(H,24,28). The Hall–Kier alpha value is -7.98. The molecule has 7 aromatic rings. The number of aryl methyl sites for hydroxylation is 1. The number of furan rings is 3. The van der Waals surface area contributed by atoms with Crippen LogP contribution in [0.25, 0.3) is 32.9 Å². The molecule has 3 saturated carbocycles. The van der Waals surface area contributed by atoms with Crippen molar-refractivity contribution >= 4 is 68.4 Å². The van der Waals surface area contributed by atoms with Crippen molar-refractivity contribution in [3.05, 3.63) is 108 Å². The molecule has 22 heteroatoms. The number of nitrogens with zero attached hydrogens (tertiary/aromatic N) is 9. The van der Waals surface area contributed by atoms with Gasteiger partial charge in [-0.15, -0.1) is 0 Å². The van der Waals surface area contributed by atoms with E-state index in [1.807, 2.05) is 41.0 Å². The van der Waals surface area contributed by atoms with Crippen LogP contribution in [0.4, 0.5) is 0 Å². The molecule has 5 aliphatic heterocycles. The van der Waals surface area contributed by atoms with Gasteiger partial charge in [-0.1, -0.05) is 11.6 Å². The van der Waals surface area contributed by atoms with Crippen molar-refractivity contribution in [2.75, 3.05) is 98.2 Å². The Morgan fingerprint density at radius 3 is 1.16 bits per heavy atom. The van der Waals surface area contributed by atoms with Crippen LogP contribution < -0.4 is 16.0 Å². The van der Waals surface area contributed by atoms with Gasteiger partial charge >= 0.3 is 0 Å². The van der Waals surface area contributed by atoms with Crippen molar-refractivity contribution in [2.24, 2.45) is 34.0 Å². The van der Waals surface area contributed by atoms with E-state index in [-0.39, 0.29) is 47.3 Å². The van der Waals surface area contributed by atoms with E-state index in [4.69, 9.17) is 17.8 Å². The second kappa shape index (κ2) is 25.9. The Bertz CT molecular complexity index is 3580. The Labute approximate surface area is 517 Å². The minimum Gasteiger partial charge on any atom is -0.449 e. The molecule has 5 saturated heterocycles. The molecule has 12 heterocycles. The fraction of sp³-hybridized carbons (Fsp3) is 0.552. The summed E-state index contributed by atoms with van der Waals surface area (Å²) in [4.78, 5) is 97.6. The fourth-order valence-electron chi connectivity index (χ4n) is 14.9. The summed E-state index contributed by atoms with van der Waals surface area (Å²) >= 11 is 0. The van der Waals surface area contributed by atoms with Gasteiger partial charge in [0, 0.05) is 99.7 Å². The largest absolute Gasteiger partial charge is 0.449 e. The molecule has 3 unspecified atom stereocenters. The molecule has 470 valence electrons. The number of amides is 6. The van der Waals surface area contributed by atoms with Gasteiger partial charge in [0.25, 0.3) is 17.7 Å². The third-order valence-electron chi connectivity index (χ3n) is 20.9. The molecule has 15 rings (SSSR count). The molecular formula is C67H82N12O10. The molecule has 0 aromatic carbocycles. The summed E-state index contributed by atoms with van der Waals surface area (Å²) in [5.41, 5.74) is 3.55. The first kappa shape index (κ1) is 60.0. The van der Waals surface area contributed by atoms with Crippen LogP contribution >= 0.6 is 0 Å². The molecular weight excluding hydrogens is 1130 g/mol. The van der Waals surface area contributed by atoms with Gasteiger partial charge in [0.15, 0.2) is 34.0 Å². The third-order valence-corrected chi connectivity index (χ3v) is 20.9. The maximum Gasteiger partial charge on any atom is 0.287 e. The molecule has 22 nitrogen and oxygen atoms in total. The number of likely N-dealkylation sites (tertiary alicyclic amines) is 5. The lowest BCUT2D eigenvalue weighted by Gasteiger charge is -2.35. The number of hydrogen-bond acceptors (Lipinski definition) is 16. The van der Waals surface area contributed by atoms with Crippen LogP contribution in [-0.2, 0) is 20.8 Å². The predicted molar refractivity (Wildman–Crippen MR) is 329 cm³/mol. The zero-order valence-electron chi connectivity index (χ0n) is 51.1. The van der Waals surface area contributed by atoms with Crippen LogP contribution in [0.15, 0.2) is 97.4 Å². The number of pyridine rings is 3. The highest BCUT2D eigenvalue weighted by Gasteiger charge is 2.57. The van der Waals surface area contributed by atoms with E-state index in [9.17, 15) is 28.8 Å². The van der Waals surface area contributed by atoms with Crippen molar-refractivity contribution in [3.8, 4) is 0 Å². The highest BCUT2D eigenvalue weighted by Crippen LogP contribution is 2.61.